The third-order valence-electron chi connectivity index (χ3n) is 10.8. The third kappa shape index (κ3) is 7.45. The second-order valence-corrected chi connectivity index (χ2v) is 17.7. The topological polar surface area (TPSA) is 44.9 Å². The van der Waals surface area contributed by atoms with Crippen molar-refractivity contribution in [2.75, 3.05) is 0 Å². The van der Waals surface area contributed by atoms with Crippen molar-refractivity contribution in [1.82, 2.24) is 19.3 Å². The van der Waals surface area contributed by atoms with E-state index in [0.717, 1.165) is 56.0 Å². The summed E-state index contributed by atoms with van der Waals surface area (Å²) >= 11 is 0. The first-order chi connectivity index (χ1) is 24.9. The van der Waals surface area contributed by atoms with Gasteiger partial charge >= 0.3 is 21.1 Å². The summed E-state index contributed by atoms with van der Waals surface area (Å²) in [5, 5.41) is 7.30. The van der Waals surface area contributed by atoms with Crippen molar-refractivity contribution in [1.29, 1.82) is 0 Å². The van der Waals surface area contributed by atoms with Crippen LogP contribution in [0.1, 0.15) is 103 Å². The van der Waals surface area contributed by atoms with Crippen LogP contribution in [0.5, 0.6) is 11.5 Å². The minimum atomic E-state index is -0.133. The second-order valence-electron chi connectivity index (χ2n) is 17.7. The summed E-state index contributed by atoms with van der Waals surface area (Å²) in [5.41, 5.74) is 10.8. The Bertz CT molecular complexity index is 2470. The summed E-state index contributed by atoms with van der Waals surface area (Å²) in [4.78, 5) is 4.92. The first-order valence-electron chi connectivity index (χ1n) is 18.7. The van der Waals surface area contributed by atoms with Crippen LogP contribution in [-0.2, 0) is 31.9 Å². The molecule has 0 fully saturated rings. The van der Waals surface area contributed by atoms with Gasteiger partial charge < -0.3 is 9.30 Å². The first kappa shape index (κ1) is 39.2. The number of aryl methyl sites for hydroxylation is 1. The van der Waals surface area contributed by atoms with Gasteiger partial charge in [-0.25, -0.2) is 4.98 Å². The molecule has 0 amide bonds. The molecule has 3 aromatic heterocycles. The average molecular weight is 896 g/mol. The summed E-state index contributed by atoms with van der Waals surface area (Å²) < 4.78 is 11.0. The van der Waals surface area contributed by atoms with Gasteiger partial charge in [-0.3, -0.25) is 4.68 Å². The quantitative estimate of drug-likeness (QED) is 0.156. The Morgan fingerprint density at radius 1 is 0.704 bits per heavy atom. The molecule has 0 radical (unpaired) electrons. The van der Waals surface area contributed by atoms with Crippen molar-refractivity contribution in [2.24, 2.45) is 5.41 Å². The van der Waals surface area contributed by atoms with Crippen LogP contribution in [0.25, 0.3) is 44.4 Å². The van der Waals surface area contributed by atoms with E-state index in [1.807, 2.05) is 23.0 Å². The number of nitrogens with zero attached hydrogens (tertiary/aromatic N) is 4. The fourth-order valence-corrected chi connectivity index (χ4v) is 7.17. The molecule has 7 rings (SSSR count). The average Bonchev–Trinajstić information content (AvgIpc) is 3.59. The number of benzene rings is 4. The molecule has 0 aliphatic carbocycles. The van der Waals surface area contributed by atoms with Gasteiger partial charge in [0.05, 0.1) is 5.69 Å². The Morgan fingerprint density at radius 3 is 2.07 bits per heavy atom. The maximum atomic E-state index is 6.73. The smallest absolute Gasteiger partial charge is 0.509 e. The van der Waals surface area contributed by atoms with Crippen LogP contribution in [-0.4, -0.2) is 19.3 Å². The fraction of sp³-hybridized carbons (Fsp3) is 0.333. The summed E-state index contributed by atoms with van der Waals surface area (Å²) in [6.07, 6.45) is 1.92. The van der Waals surface area contributed by atoms with Crippen LogP contribution in [0.4, 0.5) is 0 Å². The molecule has 0 N–H and O–H groups in total. The zero-order valence-corrected chi connectivity index (χ0v) is 36.0. The number of ether oxygens (including phenoxy) is 1. The monoisotopic (exact) mass is 895 g/mol. The zero-order chi connectivity index (χ0) is 38.0. The SMILES string of the molecule is Cc1nn(-c2[c-]c(Oc3[c-]c4c(cc3)c3cc(C(C)C(C)(C)C)ccc3n4-c3cc(C(C)(C)C)ccn3)cc(C(C)(C)C)c2)c(C)c1-c1ccccc1.[Pt+2]. The molecule has 5 nitrogen and oxygen atoms in total. The molecule has 3 heterocycles. The largest absolute Gasteiger partial charge is 2.00 e. The summed E-state index contributed by atoms with van der Waals surface area (Å²) in [6.45, 7) is 26.8. The molecule has 4 aromatic carbocycles. The van der Waals surface area contributed by atoms with Gasteiger partial charge in [0.25, 0.3) is 0 Å². The van der Waals surface area contributed by atoms with E-state index < -0.39 is 0 Å². The van der Waals surface area contributed by atoms with Crippen molar-refractivity contribution in [3.05, 3.63) is 131 Å². The van der Waals surface area contributed by atoms with E-state index in [-0.39, 0.29) is 37.3 Å². The molecule has 1 atom stereocenters. The number of hydrogen-bond acceptors (Lipinski definition) is 3. The van der Waals surface area contributed by atoms with E-state index in [1.165, 1.54) is 16.5 Å². The molecular formula is C48H52N4OPt. The van der Waals surface area contributed by atoms with E-state index in [4.69, 9.17) is 14.8 Å². The van der Waals surface area contributed by atoms with E-state index in [9.17, 15) is 0 Å². The number of aromatic nitrogens is 4. The Morgan fingerprint density at radius 2 is 1.41 bits per heavy atom. The van der Waals surface area contributed by atoms with Crippen molar-refractivity contribution in [2.45, 2.75) is 99.8 Å². The van der Waals surface area contributed by atoms with Gasteiger partial charge in [-0.2, -0.15) is 11.2 Å². The van der Waals surface area contributed by atoms with Crippen molar-refractivity contribution in [3.8, 4) is 34.1 Å². The number of hydrogen-bond donors (Lipinski definition) is 0. The predicted molar refractivity (Wildman–Crippen MR) is 220 cm³/mol. The Labute approximate surface area is 336 Å². The van der Waals surface area contributed by atoms with Crippen LogP contribution in [0, 0.1) is 31.4 Å². The van der Waals surface area contributed by atoms with Gasteiger partial charge in [-0.15, -0.1) is 41.3 Å². The summed E-state index contributed by atoms with van der Waals surface area (Å²) in [7, 11) is 0. The molecule has 0 spiro atoms. The molecule has 0 aliphatic rings. The molecule has 0 saturated heterocycles. The van der Waals surface area contributed by atoms with Gasteiger partial charge in [0.15, 0.2) is 0 Å². The minimum absolute atomic E-state index is 0. The molecule has 0 aliphatic heterocycles. The van der Waals surface area contributed by atoms with E-state index in [0.29, 0.717) is 17.4 Å². The molecule has 0 bridgehead atoms. The van der Waals surface area contributed by atoms with Crippen LogP contribution in [0.3, 0.4) is 0 Å². The number of rotatable bonds is 6. The third-order valence-corrected chi connectivity index (χ3v) is 10.8. The molecule has 1 unspecified atom stereocenters. The standard InChI is InChI=1S/C48H52N4O.Pt/c1-30(46(4,5)6)34-18-21-42-41(24-34)40-20-19-38(29-43(40)51(42)44-27-35(22-23-49-44)47(7,8)9)53-39-26-36(48(10,11)12)25-37(28-39)52-32(3)45(31(2)50-52)33-16-14-13-15-17-33;/h13-27,30H,1-12H3;/q-2;+2. The summed E-state index contributed by atoms with van der Waals surface area (Å²) in [5.74, 6) is 2.48. The molecule has 54 heavy (non-hydrogen) atoms. The Balaban J connectivity index is 0.00000497. The first-order valence-corrected chi connectivity index (χ1v) is 18.7. The van der Waals surface area contributed by atoms with Gasteiger partial charge in [0, 0.05) is 34.5 Å². The fourth-order valence-electron chi connectivity index (χ4n) is 7.17. The van der Waals surface area contributed by atoms with Gasteiger partial charge in [-0.05, 0) is 82.0 Å². The molecule has 6 heteroatoms. The number of pyridine rings is 1. The van der Waals surface area contributed by atoms with E-state index >= 15 is 0 Å². The Kier molecular flexibility index (Phi) is 10.4. The number of fused-ring (bicyclic) bond motifs is 3. The maximum Gasteiger partial charge on any atom is 2.00 e. The van der Waals surface area contributed by atoms with Gasteiger partial charge in [0.1, 0.15) is 5.82 Å². The van der Waals surface area contributed by atoms with Crippen molar-refractivity contribution < 1.29 is 25.8 Å². The van der Waals surface area contributed by atoms with Crippen LogP contribution in [0.2, 0.25) is 0 Å². The molecular weight excluding hydrogens is 844 g/mol. The van der Waals surface area contributed by atoms with E-state index in [1.54, 1.807) is 0 Å². The van der Waals surface area contributed by atoms with Crippen LogP contribution >= 0.6 is 0 Å². The minimum Gasteiger partial charge on any atom is -0.509 e. The molecule has 0 saturated carbocycles. The van der Waals surface area contributed by atoms with Gasteiger partial charge in [0.2, 0.25) is 0 Å². The molecule has 7 aromatic rings. The van der Waals surface area contributed by atoms with Gasteiger partial charge in [-0.1, -0.05) is 117 Å². The zero-order valence-electron chi connectivity index (χ0n) is 33.8. The maximum absolute atomic E-state index is 6.73. The van der Waals surface area contributed by atoms with Crippen LogP contribution < -0.4 is 4.74 Å². The summed E-state index contributed by atoms with van der Waals surface area (Å²) in [6, 6.07) is 37.4. The second kappa shape index (κ2) is 14.3. The van der Waals surface area contributed by atoms with Crippen molar-refractivity contribution in [3.63, 3.8) is 0 Å². The Hall–Kier alpha value is -4.47. The van der Waals surface area contributed by atoms with E-state index in [2.05, 4.69) is 173 Å². The normalized spacial score (nSPS) is 13.0. The van der Waals surface area contributed by atoms with Crippen LogP contribution in [0.15, 0.2) is 91.1 Å². The van der Waals surface area contributed by atoms with Crippen molar-refractivity contribution >= 4 is 21.8 Å². The molecule has 280 valence electrons. The predicted octanol–water partition coefficient (Wildman–Crippen LogP) is 12.8.